The topological polar surface area (TPSA) is 149 Å². The van der Waals surface area contributed by atoms with Crippen LogP contribution in [0.15, 0.2) is 29.8 Å². The van der Waals surface area contributed by atoms with Crippen LogP contribution in [0, 0.1) is 12.3 Å². The van der Waals surface area contributed by atoms with Gasteiger partial charge in [-0.1, -0.05) is 45.0 Å². The van der Waals surface area contributed by atoms with Crippen molar-refractivity contribution >= 4 is 35.0 Å². The SMILES string of the molecule is Cc1ncsc1-c1ccc([C@@H](NC(=O)[C@@H]2C[C@@H](O)CN2C(=O)[C@@H](NC(=O)C2(F)CC2)C(C)(C)C)C(=O)O)cc1. The van der Waals surface area contributed by atoms with Gasteiger partial charge in [0.1, 0.15) is 12.1 Å². The number of carbonyl (C=O) groups is 4. The number of hydrogen-bond donors (Lipinski definition) is 4. The molecule has 2 aliphatic rings. The summed E-state index contributed by atoms with van der Waals surface area (Å²) >= 11 is 1.46. The first-order valence-electron chi connectivity index (χ1n) is 12.7. The van der Waals surface area contributed by atoms with Crippen LogP contribution in [-0.4, -0.2) is 74.2 Å². The van der Waals surface area contributed by atoms with E-state index in [2.05, 4.69) is 15.6 Å². The fourth-order valence-corrected chi connectivity index (χ4v) is 5.46. The lowest BCUT2D eigenvalue weighted by atomic mass is 9.85. The van der Waals surface area contributed by atoms with Gasteiger partial charge in [0, 0.05) is 13.0 Å². The predicted octanol–water partition coefficient (Wildman–Crippen LogP) is 2.36. The van der Waals surface area contributed by atoms with Crippen molar-refractivity contribution < 1.29 is 33.8 Å². The van der Waals surface area contributed by atoms with E-state index in [0.29, 0.717) is 5.56 Å². The summed E-state index contributed by atoms with van der Waals surface area (Å²) in [7, 11) is 0. The number of benzene rings is 1. The van der Waals surface area contributed by atoms with Gasteiger partial charge < -0.3 is 25.7 Å². The highest BCUT2D eigenvalue weighted by Gasteiger charge is 2.53. The second-order valence-electron chi connectivity index (χ2n) is 11.3. The minimum Gasteiger partial charge on any atom is -0.479 e. The number of amides is 3. The molecule has 0 spiro atoms. The number of nitrogens with one attached hydrogen (secondary N) is 2. The number of carboxylic acids is 1. The number of hydrogen-bond acceptors (Lipinski definition) is 7. The van der Waals surface area contributed by atoms with Gasteiger partial charge in [0.05, 0.1) is 22.2 Å². The van der Waals surface area contributed by atoms with E-state index < -0.39 is 59.0 Å². The zero-order valence-corrected chi connectivity index (χ0v) is 23.0. The number of aliphatic hydroxyl groups is 1. The van der Waals surface area contributed by atoms with Gasteiger partial charge in [-0.15, -0.1) is 11.3 Å². The Hall–Kier alpha value is -3.38. The summed E-state index contributed by atoms with van der Waals surface area (Å²) < 4.78 is 14.4. The van der Waals surface area contributed by atoms with Crippen LogP contribution in [0.4, 0.5) is 4.39 Å². The van der Waals surface area contributed by atoms with Crippen molar-refractivity contribution in [3.8, 4) is 10.4 Å². The Morgan fingerprint density at radius 3 is 2.31 bits per heavy atom. The van der Waals surface area contributed by atoms with E-state index in [0.717, 1.165) is 21.0 Å². The Balaban J connectivity index is 1.52. The summed E-state index contributed by atoms with van der Waals surface area (Å²) in [5, 5.41) is 25.2. The molecule has 39 heavy (non-hydrogen) atoms. The molecule has 1 saturated heterocycles. The molecule has 4 atom stereocenters. The van der Waals surface area contributed by atoms with Crippen LogP contribution in [0.5, 0.6) is 0 Å². The summed E-state index contributed by atoms with van der Waals surface area (Å²) in [6.45, 7) is 6.80. The molecule has 12 heteroatoms. The zero-order valence-electron chi connectivity index (χ0n) is 22.2. The van der Waals surface area contributed by atoms with E-state index in [4.69, 9.17) is 0 Å². The summed E-state index contributed by atoms with van der Waals surface area (Å²) in [5.74, 6) is -3.57. The highest BCUT2D eigenvalue weighted by Crippen LogP contribution is 2.40. The second kappa shape index (κ2) is 10.6. The minimum atomic E-state index is -1.99. The Morgan fingerprint density at radius 2 is 1.79 bits per heavy atom. The highest BCUT2D eigenvalue weighted by atomic mass is 32.1. The molecule has 0 unspecified atom stereocenters. The van der Waals surface area contributed by atoms with Crippen molar-refractivity contribution in [3.63, 3.8) is 0 Å². The van der Waals surface area contributed by atoms with E-state index in [-0.39, 0.29) is 25.8 Å². The Labute approximate surface area is 229 Å². The van der Waals surface area contributed by atoms with E-state index in [9.17, 15) is 33.8 Å². The molecule has 0 bridgehead atoms. The molecule has 2 heterocycles. The van der Waals surface area contributed by atoms with Crippen LogP contribution in [0.25, 0.3) is 10.4 Å². The van der Waals surface area contributed by atoms with Crippen molar-refractivity contribution in [2.24, 2.45) is 5.41 Å². The van der Waals surface area contributed by atoms with Gasteiger partial charge >= 0.3 is 5.97 Å². The smallest absolute Gasteiger partial charge is 0.330 e. The molecule has 10 nitrogen and oxygen atoms in total. The van der Waals surface area contributed by atoms with Gasteiger partial charge in [-0.2, -0.15) is 0 Å². The number of aliphatic carboxylic acids is 1. The first-order chi connectivity index (χ1) is 18.2. The van der Waals surface area contributed by atoms with Crippen molar-refractivity contribution in [1.29, 1.82) is 0 Å². The van der Waals surface area contributed by atoms with Crippen molar-refractivity contribution in [1.82, 2.24) is 20.5 Å². The van der Waals surface area contributed by atoms with Gasteiger partial charge in [0.15, 0.2) is 11.7 Å². The van der Waals surface area contributed by atoms with Crippen LogP contribution in [-0.2, 0) is 19.2 Å². The van der Waals surface area contributed by atoms with Gasteiger partial charge in [-0.05, 0) is 36.3 Å². The average molecular weight is 561 g/mol. The number of halogens is 1. The number of aryl methyl sites for hydroxylation is 1. The highest BCUT2D eigenvalue weighted by molar-refractivity contribution is 7.13. The van der Waals surface area contributed by atoms with Crippen molar-refractivity contribution in [3.05, 3.63) is 41.0 Å². The van der Waals surface area contributed by atoms with Crippen LogP contribution >= 0.6 is 11.3 Å². The lowest BCUT2D eigenvalue weighted by molar-refractivity contribution is -0.146. The number of nitrogens with zero attached hydrogens (tertiary/aromatic N) is 2. The maximum atomic E-state index is 14.4. The minimum absolute atomic E-state index is 0.0821. The predicted molar refractivity (Wildman–Crippen MR) is 141 cm³/mol. The van der Waals surface area contributed by atoms with E-state index in [1.807, 2.05) is 6.92 Å². The summed E-state index contributed by atoms with van der Waals surface area (Å²) in [5.41, 5.74) is 0.947. The number of aliphatic hydroxyl groups excluding tert-OH is 1. The standard InChI is InChI=1S/C27H33FN4O6S/c1-14-20(39-13-29-14)16-7-5-15(6-8-16)19(24(36)37)30-22(34)18-11-17(33)12-32(18)23(35)21(26(2,3)4)31-25(38)27(28)9-10-27/h5-8,13,17-19,21,33H,9-12H2,1-4H3,(H,30,34)(H,31,38)(H,36,37)/t17-,18+,19-,21-/m1/s1. The van der Waals surface area contributed by atoms with Crippen LogP contribution in [0.3, 0.4) is 0 Å². The number of alkyl halides is 1. The fourth-order valence-electron chi connectivity index (χ4n) is 4.65. The second-order valence-corrected chi connectivity index (χ2v) is 12.2. The summed E-state index contributed by atoms with van der Waals surface area (Å²) in [6, 6.07) is 2.99. The lowest BCUT2D eigenvalue weighted by Gasteiger charge is -2.35. The number of rotatable bonds is 8. The summed E-state index contributed by atoms with van der Waals surface area (Å²) in [6.07, 6.45) is -0.967. The molecule has 2 aromatic rings. The van der Waals surface area contributed by atoms with Gasteiger partial charge in [0.2, 0.25) is 11.8 Å². The van der Waals surface area contributed by atoms with E-state index >= 15 is 0 Å². The Morgan fingerprint density at radius 1 is 1.15 bits per heavy atom. The molecule has 3 amide bonds. The largest absolute Gasteiger partial charge is 0.479 e. The number of likely N-dealkylation sites (tertiary alicyclic amines) is 1. The molecule has 1 aliphatic carbocycles. The third kappa shape index (κ3) is 6.11. The molecule has 0 radical (unpaired) electrons. The molecule has 4 N–H and O–H groups in total. The quantitative estimate of drug-likeness (QED) is 0.387. The van der Waals surface area contributed by atoms with Gasteiger partial charge in [0.25, 0.3) is 5.91 Å². The molecule has 1 aliphatic heterocycles. The maximum Gasteiger partial charge on any atom is 0.330 e. The molecule has 1 aromatic heterocycles. The first-order valence-corrected chi connectivity index (χ1v) is 13.6. The molecule has 210 valence electrons. The maximum absolute atomic E-state index is 14.4. The Bertz CT molecular complexity index is 1270. The number of carboxylic acid groups (broad SMARTS) is 1. The molecule has 1 aromatic carbocycles. The molecule has 4 rings (SSSR count). The third-order valence-corrected chi connectivity index (χ3v) is 8.11. The molecule has 2 fully saturated rings. The third-order valence-electron chi connectivity index (χ3n) is 7.13. The average Bonchev–Trinajstić information content (AvgIpc) is 3.28. The zero-order chi connectivity index (χ0) is 28.7. The van der Waals surface area contributed by atoms with Gasteiger partial charge in [-0.25, -0.2) is 14.2 Å². The van der Waals surface area contributed by atoms with Crippen molar-refractivity contribution in [2.45, 2.75) is 76.9 Å². The molecular weight excluding hydrogens is 527 g/mol. The lowest BCUT2D eigenvalue weighted by Crippen LogP contribution is -2.59. The van der Waals surface area contributed by atoms with Gasteiger partial charge in [-0.3, -0.25) is 14.4 Å². The van der Waals surface area contributed by atoms with Crippen LogP contribution in [0.2, 0.25) is 0 Å². The normalized spacial score (nSPS) is 21.6. The fraction of sp³-hybridized carbons (Fsp3) is 0.519. The Kier molecular flexibility index (Phi) is 7.82. The van der Waals surface area contributed by atoms with Crippen molar-refractivity contribution in [2.75, 3.05) is 6.54 Å². The first kappa shape index (κ1) is 28.6. The number of carbonyl (C=O) groups excluding carboxylic acids is 3. The van der Waals surface area contributed by atoms with E-state index in [1.165, 1.54) is 11.3 Å². The monoisotopic (exact) mass is 560 g/mol. The molecular formula is C27H33FN4O6S. The van der Waals surface area contributed by atoms with E-state index in [1.54, 1.807) is 50.5 Å². The number of thiazole rings is 1. The molecule has 1 saturated carbocycles. The summed E-state index contributed by atoms with van der Waals surface area (Å²) in [4.78, 5) is 57.8. The number of aromatic nitrogens is 1. The van der Waals surface area contributed by atoms with Crippen LogP contribution in [0.1, 0.15) is 57.3 Å². The number of β-amino-alcohol motifs (C(OH)–C–C–N with tert-alkyl or cyclic N) is 1. The van der Waals surface area contributed by atoms with Crippen LogP contribution < -0.4 is 10.6 Å².